The van der Waals surface area contributed by atoms with Crippen molar-refractivity contribution in [2.24, 2.45) is 5.92 Å². The molecule has 4 amide bonds. The molecule has 3 heterocycles. The minimum atomic E-state index is -3.99. The lowest BCUT2D eigenvalue weighted by Crippen LogP contribution is -2.58. The number of nitrogen functional groups attached to an aromatic ring is 1. The van der Waals surface area contributed by atoms with E-state index in [9.17, 15) is 32.0 Å². The average molecular weight is 737 g/mol. The van der Waals surface area contributed by atoms with Crippen LogP contribution in [0.2, 0.25) is 0 Å². The summed E-state index contributed by atoms with van der Waals surface area (Å²) < 4.78 is 47.7. The topological polar surface area (TPSA) is 180 Å². The van der Waals surface area contributed by atoms with E-state index in [-0.39, 0.29) is 38.4 Å². The van der Waals surface area contributed by atoms with Crippen LogP contribution in [0.15, 0.2) is 54.6 Å². The van der Waals surface area contributed by atoms with Crippen molar-refractivity contribution in [2.75, 3.05) is 17.6 Å². The van der Waals surface area contributed by atoms with Crippen LogP contribution in [0.3, 0.4) is 0 Å². The Morgan fingerprint density at radius 2 is 1.87 bits per heavy atom. The van der Waals surface area contributed by atoms with Crippen LogP contribution < -0.4 is 21.1 Å². The number of nitrogens with one attached hydrogen (secondary N) is 3. The molecule has 3 fully saturated rings. The first-order chi connectivity index (χ1) is 24.8. The number of anilines is 2. The fourth-order valence-corrected chi connectivity index (χ4v) is 8.82. The molecule has 5 atom stereocenters. The van der Waals surface area contributed by atoms with Gasteiger partial charge in [0.2, 0.25) is 21.8 Å². The number of allylic oxidation sites excluding steroid dienone is 1. The van der Waals surface area contributed by atoms with Crippen molar-refractivity contribution in [1.29, 1.82) is 0 Å². The van der Waals surface area contributed by atoms with E-state index in [4.69, 9.17) is 10.5 Å². The van der Waals surface area contributed by atoms with Gasteiger partial charge in [0.05, 0.1) is 17.8 Å². The molecule has 13 nitrogen and oxygen atoms in total. The average Bonchev–Trinajstić information content (AvgIpc) is 3.89. The minimum absolute atomic E-state index is 0.0286. The number of hydrogen-bond donors (Lipinski definition) is 4. The molecule has 0 aromatic heterocycles. The summed E-state index contributed by atoms with van der Waals surface area (Å²) in [4.78, 5) is 58.7. The van der Waals surface area contributed by atoms with Crippen molar-refractivity contribution < 1.29 is 36.7 Å². The molecule has 5 N–H and O–H groups in total. The molecule has 0 unspecified atom stereocenters. The molecule has 0 spiro atoms. The molecule has 1 saturated heterocycles. The maximum absolute atomic E-state index is 14.5. The smallest absolute Gasteiger partial charge is 0.410 e. The highest BCUT2D eigenvalue weighted by Crippen LogP contribution is 2.47. The fraction of sp³-hybridized carbons (Fsp3) is 0.514. The molecule has 5 aliphatic rings. The number of nitrogens with zero attached hydrogens (tertiary/aromatic N) is 2. The summed E-state index contributed by atoms with van der Waals surface area (Å²) in [6.07, 6.45) is 6.75. The standard InChI is InChI=1S/C37H45FN6O7S/c1-36(15-16-36)52(49,50)42-34(47)37-19-24(37)10-5-3-2-4-6-14-30(40-26-12-8-11-25(39)17-26)33(46)44-21-27(18-31(44)32(45)41-37)51-35(48)43-20-23-9-7-13-29(38)28(23)22-43/h5,7-13,17,24,27,30-31,40H,2-4,6,14-16,18-22,39H2,1H3,(H,41,45)(H,42,47)/b10-5-/t24-,27+,30-,31-,37+/m0/s1. The fourth-order valence-electron chi connectivity index (χ4n) is 7.50. The van der Waals surface area contributed by atoms with E-state index in [2.05, 4.69) is 15.4 Å². The van der Waals surface area contributed by atoms with Gasteiger partial charge >= 0.3 is 6.09 Å². The number of fused-ring (bicyclic) bond motifs is 3. The number of ether oxygens (including phenoxy) is 1. The highest BCUT2D eigenvalue weighted by Gasteiger charge is 2.63. The van der Waals surface area contributed by atoms with Crippen LogP contribution in [0.5, 0.6) is 0 Å². The molecule has 3 aliphatic heterocycles. The molecule has 7 rings (SSSR count). The number of nitrogens with two attached hydrogens (primary N) is 1. The maximum Gasteiger partial charge on any atom is 0.410 e. The lowest BCUT2D eigenvalue weighted by Gasteiger charge is -2.30. The van der Waals surface area contributed by atoms with Crippen LogP contribution in [-0.2, 0) is 42.2 Å². The zero-order valence-electron chi connectivity index (χ0n) is 29.1. The molecule has 15 heteroatoms. The van der Waals surface area contributed by atoms with Crippen LogP contribution in [0.25, 0.3) is 0 Å². The number of carbonyl (C=O) groups excluding carboxylic acids is 4. The van der Waals surface area contributed by atoms with Gasteiger partial charge in [-0.05, 0) is 75.3 Å². The van der Waals surface area contributed by atoms with E-state index in [1.165, 1.54) is 15.9 Å². The second-order valence-corrected chi connectivity index (χ2v) is 17.2. The summed E-state index contributed by atoms with van der Waals surface area (Å²) in [5.74, 6) is -2.71. The summed E-state index contributed by atoms with van der Waals surface area (Å²) in [7, 11) is -3.99. The van der Waals surface area contributed by atoms with Crippen LogP contribution in [0.4, 0.5) is 20.6 Å². The second kappa shape index (κ2) is 13.7. The molecule has 2 aromatic rings. The Hall–Kier alpha value is -4.66. The van der Waals surface area contributed by atoms with Gasteiger partial charge in [0.1, 0.15) is 29.5 Å². The van der Waals surface area contributed by atoms with E-state index in [0.29, 0.717) is 48.2 Å². The lowest BCUT2D eigenvalue weighted by atomic mass is 10.0. The van der Waals surface area contributed by atoms with Gasteiger partial charge in [-0.15, -0.1) is 0 Å². The highest BCUT2D eigenvalue weighted by molar-refractivity contribution is 7.91. The Kier molecular flexibility index (Phi) is 9.42. The van der Waals surface area contributed by atoms with E-state index in [1.807, 2.05) is 12.2 Å². The van der Waals surface area contributed by atoms with Gasteiger partial charge < -0.3 is 26.0 Å². The number of carbonyl (C=O) groups is 4. The second-order valence-electron chi connectivity index (χ2n) is 15.0. The number of hydrogen-bond acceptors (Lipinski definition) is 9. The predicted molar refractivity (Wildman–Crippen MR) is 190 cm³/mol. The number of benzene rings is 2. The van der Waals surface area contributed by atoms with Crippen LogP contribution in [0, 0.1) is 11.7 Å². The monoisotopic (exact) mass is 736 g/mol. The molecule has 2 aliphatic carbocycles. The van der Waals surface area contributed by atoms with Gasteiger partial charge in [0, 0.05) is 35.8 Å². The normalized spacial score (nSPS) is 29.0. The van der Waals surface area contributed by atoms with Crippen molar-refractivity contribution in [3.8, 4) is 0 Å². The van der Waals surface area contributed by atoms with Crippen molar-refractivity contribution in [3.05, 3.63) is 71.6 Å². The van der Waals surface area contributed by atoms with Crippen molar-refractivity contribution in [3.63, 3.8) is 0 Å². The first kappa shape index (κ1) is 35.7. The zero-order chi connectivity index (χ0) is 36.8. The zero-order valence-corrected chi connectivity index (χ0v) is 29.9. The molecule has 2 aromatic carbocycles. The van der Waals surface area contributed by atoms with E-state index < -0.39 is 68.1 Å². The maximum atomic E-state index is 14.5. The summed E-state index contributed by atoms with van der Waals surface area (Å²) in [6, 6.07) is 9.79. The van der Waals surface area contributed by atoms with Crippen LogP contribution in [-0.4, -0.2) is 77.1 Å². The third kappa shape index (κ3) is 7.06. The lowest BCUT2D eigenvalue weighted by molar-refractivity contribution is -0.140. The molecule has 0 radical (unpaired) electrons. The quantitative estimate of drug-likeness (QED) is 0.254. The third-order valence-electron chi connectivity index (χ3n) is 11.2. The SMILES string of the molecule is CC1(S(=O)(=O)NC(=O)[C@@]23C[C@@H]2/C=C\CCCCC[C@H](Nc2cccc(N)c2)C(=O)N2C[C@H](OC(=O)N4Cc5cccc(F)c5C4)C[C@H]2C(=O)N3)CC1. The largest absolute Gasteiger partial charge is 0.444 e. The summed E-state index contributed by atoms with van der Waals surface area (Å²) in [5.41, 5.74) is 6.73. The van der Waals surface area contributed by atoms with Crippen molar-refractivity contribution in [1.82, 2.24) is 19.8 Å². The van der Waals surface area contributed by atoms with E-state index in [1.54, 1.807) is 43.3 Å². The molecular weight excluding hydrogens is 692 g/mol. The summed E-state index contributed by atoms with van der Waals surface area (Å²) in [6.45, 7) is 1.67. The van der Waals surface area contributed by atoms with Gasteiger partial charge in [0.15, 0.2) is 0 Å². The van der Waals surface area contributed by atoms with Crippen LogP contribution in [0.1, 0.15) is 75.8 Å². The number of amides is 4. The third-order valence-corrected chi connectivity index (χ3v) is 13.3. The molecule has 278 valence electrons. The van der Waals surface area contributed by atoms with Crippen molar-refractivity contribution in [2.45, 2.75) is 106 Å². The van der Waals surface area contributed by atoms with Gasteiger partial charge in [0.25, 0.3) is 5.91 Å². The van der Waals surface area contributed by atoms with Crippen molar-refractivity contribution >= 4 is 45.2 Å². The summed E-state index contributed by atoms with van der Waals surface area (Å²) >= 11 is 0. The Bertz CT molecular complexity index is 1920. The Morgan fingerprint density at radius 1 is 1.08 bits per heavy atom. The molecule has 52 heavy (non-hydrogen) atoms. The Morgan fingerprint density at radius 3 is 2.62 bits per heavy atom. The summed E-state index contributed by atoms with van der Waals surface area (Å²) in [5, 5.41) is 6.15. The van der Waals surface area contributed by atoms with Gasteiger partial charge in [-0.2, -0.15) is 0 Å². The van der Waals surface area contributed by atoms with E-state index >= 15 is 0 Å². The first-order valence-corrected chi connectivity index (χ1v) is 19.5. The minimum Gasteiger partial charge on any atom is -0.444 e. The Balaban J connectivity index is 1.15. The van der Waals surface area contributed by atoms with E-state index in [0.717, 1.165) is 19.3 Å². The number of halogens is 1. The molecular formula is C37H45FN6O7S. The number of rotatable bonds is 6. The van der Waals surface area contributed by atoms with Gasteiger partial charge in [-0.1, -0.05) is 43.2 Å². The first-order valence-electron chi connectivity index (χ1n) is 18.0. The number of sulfonamides is 1. The highest BCUT2D eigenvalue weighted by atomic mass is 32.2. The molecule has 0 bridgehead atoms. The predicted octanol–water partition coefficient (Wildman–Crippen LogP) is 3.70. The Labute approximate surface area is 302 Å². The van der Waals surface area contributed by atoms with Gasteiger partial charge in [-0.25, -0.2) is 17.6 Å². The van der Waals surface area contributed by atoms with Gasteiger partial charge in [-0.3, -0.25) is 24.0 Å². The van der Waals surface area contributed by atoms with Crippen LogP contribution >= 0.6 is 0 Å². The molecule has 2 saturated carbocycles.